The topological polar surface area (TPSA) is 18.5 Å². The fourth-order valence-electron chi connectivity index (χ4n) is 4.12. The molecule has 0 bridgehead atoms. The lowest BCUT2D eigenvalue weighted by molar-refractivity contribution is 0.104. The Morgan fingerprint density at radius 1 is 1.00 bits per heavy atom. The highest BCUT2D eigenvalue weighted by atomic mass is 15.3. The van der Waals surface area contributed by atoms with Crippen LogP contribution in [0.15, 0.2) is 24.3 Å². The lowest BCUT2D eigenvalue weighted by atomic mass is 9.86. The highest BCUT2D eigenvalue weighted by Gasteiger charge is 2.26. The smallest absolute Gasteiger partial charge is 0.0476 e. The minimum atomic E-state index is 0.228. The van der Waals surface area contributed by atoms with Crippen molar-refractivity contribution in [1.29, 1.82) is 0 Å². The number of piperazine rings is 1. The maximum atomic E-state index is 3.50. The molecule has 0 amide bonds. The van der Waals surface area contributed by atoms with Gasteiger partial charge in [0, 0.05) is 38.8 Å². The van der Waals surface area contributed by atoms with Crippen molar-refractivity contribution in [2.45, 2.75) is 52.0 Å². The summed E-state index contributed by atoms with van der Waals surface area (Å²) in [5.41, 5.74) is 3.15. The molecule has 3 nitrogen and oxygen atoms in total. The molecule has 1 N–H and O–H groups in total. The van der Waals surface area contributed by atoms with Gasteiger partial charge in [0.1, 0.15) is 0 Å². The zero-order chi connectivity index (χ0) is 17.9. The van der Waals surface area contributed by atoms with Crippen molar-refractivity contribution in [2.24, 2.45) is 5.92 Å². The SMILES string of the molecule is CC1CCN(CC(c2ccc(C(C)(C)C)cc2)N2CCNCC2)CC1. The lowest BCUT2D eigenvalue weighted by Gasteiger charge is -2.40. The highest BCUT2D eigenvalue weighted by Crippen LogP contribution is 2.28. The van der Waals surface area contributed by atoms with Gasteiger partial charge in [-0.3, -0.25) is 4.90 Å². The maximum Gasteiger partial charge on any atom is 0.0476 e. The summed E-state index contributed by atoms with van der Waals surface area (Å²) in [5.74, 6) is 0.903. The van der Waals surface area contributed by atoms with Crippen LogP contribution in [0.4, 0.5) is 0 Å². The van der Waals surface area contributed by atoms with Crippen LogP contribution in [0, 0.1) is 5.92 Å². The molecule has 0 saturated carbocycles. The average molecular weight is 344 g/mol. The molecule has 1 unspecified atom stereocenters. The van der Waals surface area contributed by atoms with Gasteiger partial charge in [-0.25, -0.2) is 0 Å². The summed E-state index contributed by atoms with van der Waals surface area (Å²) in [6, 6.07) is 10.0. The monoisotopic (exact) mass is 343 g/mol. The van der Waals surface area contributed by atoms with Gasteiger partial charge in [0.2, 0.25) is 0 Å². The average Bonchev–Trinajstić information content (AvgIpc) is 2.61. The Morgan fingerprint density at radius 2 is 1.60 bits per heavy atom. The zero-order valence-corrected chi connectivity index (χ0v) is 16.7. The minimum Gasteiger partial charge on any atom is -0.314 e. The van der Waals surface area contributed by atoms with Gasteiger partial charge in [-0.15, -0.1) is 0 Å². The Hall–Kier alpha value is -0.900. The van der Waals surface area contributed by atoms with E-state index in [1.165, 1.54) is 43.6 Å². The fraction of sp³-hybridized carbons (Fsp3) is 0.727. The van der Waals surface area contributed by atoms with E-state index in [0.29, 0.717) is 6.04 Å². The second-order valence-electron chi connectivity index (χ2n) is 9.16. The third-order valence-electron chi connectivity index (χ3n) is 6.06. The van der Waals surface area contributed by atoms with E-state index in [1.54, 1.807) is 0 Å². The van der Waals surface area contributed by atoms with Crippen LogP contribution < -0.4 is 5.32 Å². The van der Waals surface area contributed by atoms with Gasteiger partial charge in [0.05, 0.1) is 0 Å². The number of piperidine rings is 1. The number of likely N-dealkylation sites (tertiary alicyclic amines) is 1. The molecule has 25 heavy (non-hydrogen) atoms. The highest BCUT2D eigenvalue weighted by molar-refractivity contribution is 5.29. The Morgan fingerprint density at radius 3 is 2.16 bits per heavy atom. The van der Waals surface area contributed by atoms with Gasteiger partial charge >= 0.3 is 0 Å². The van der Waals surface area contributed by atoms with E-state index in [4.69, 9.17) is 0 Å². The molecule has 140 valence electrons. The second-order valence-corrected chi connectivity index (χ2v) is 9.16. The molecule has 0 aromatic heterocycles. The molecule has 0 aliphatic carbocycles. The first-order valence-electron chi connectivity index (χ1n) is 10.2. The van der Waals surface area contributed by atoms with Crippen LogP contribution >= 0.6 is 0 Å². The van der Waals surface area contributed by atoms with Crippen LogP contribution in [0.2, 0.25) is 0 Å². The van der Waals surface area contributed by atoms with Crippen molar-refractivity contribution in [2.75, 3.05) is 45.8 Å². The number of benzene rings is 1. The largest absolute Gasteiger partial charge is 0.314 e. The predicted molar refractivity (Wildman–Crippen MR) is 107 cm³/mol. The Labute approximate surface area is 154 Å². The molecule has 0 radical (unpaired) electrons. The lowest BCUT2D eigenvalue weighted by Crippen LogP contribution is -2.48. The number of hydrogen-bond acceptors (Lipinski definition) is 3. The summed E-state index contributed by atoms with van der Waals surface area (Å²) < 4.78 is 0. The molecule has 2 aliphatic rings. The molecular formula is C22H37N3. The van der Waals surface area contributed by atoms with Gasteiger partial charge in [-0.1, -0.05) is 52.0 Å². The number of rotatable bonds is 4. The van der Waals surface area contributed by atoms with E-state index in [-0.39, 0.29) is 5.41 Å². The first kappa shape index (κ1) is 18.9. The standard InChI is InChI=1S/C22H37N3/c1-18-9-13-24(14-10-18)17-21(25-15-11-23-12-16-25)19-5-7-20(8-6-19)22(2,3)4/h5-8,18,21,23H,9-17H2,1-4H3. The molecule has 3 rings (SSSR count). The van der Waals surface area contributed by atoms with E-state index in [9.17, 15) is 0 Å². The number of nitrogens with one attached hydrogen (secondary N) is 1. The van der Waals surface area contributed by atoms with Crippen molar-refractivity contribution < 1.29 is 0 Å². The molecule has 2 saturated heterocycles. The molecule has 2 fully saturated rings. The summed E-state index contributed by atoms with van der Waals surface area (Å²) in [6.45, 7) is 17.6. The zero-order valence-electron chi connectivity index (χ0n) is 16.7. The van der Waals surface area contributed by atoms with Gasteiger partial charge in [0.15, 0.2) is 0 Å². The van der Waals surface area contributed by atoms with Gasteiger partial charge < -0.3 is 10.2 Å². The molecule has 2 heterocycles. The van der Waals surface area contributed by atoms with E-state index in [2.05, 4.69) is 67.1 Å². The predicted octanol–water partition coefficient (Wildman–Crippen LogP) is 3.66. The quantitative estimate of drug-likeness (QED) is 0.900. The molecule has 1 atom stereocenters. The van der Waals surface area contributed by atoms with Crippen LogP contribution in [-0.4, -0.2) is 55.6 Å². The third-order valence-corrected chi connectivity index (χ3v) is 6.06. The van der Waals surface area contributed by atoms with E-state index in [0.717, 1.165) is 32.1 Å². The summed E-state index contributed by atoms with van der Waals surface area (Å²) in [4.78, 5) is 5.39. The van der Waals surface area contributed by atoms with Crippen LogP contribution in [0.3, 0.4) is 0 Å². The normalized spacial score (nSPS) is 22.9. The molecule has 1 aromatic rings. The van der Waals surface area contributed by atoms with E-state index >= 15 is 0 Å². The Kier molecular flexibility index (Phi) is 6.19. The van der Waals surface area contributed by atoms with Gasteiger partial charge in [-0.2, -0.15) is 0 Å². The first-order chi connectivity index (χ1) is 11.9. The summed E-state index contributed by atoms with van der Waals surface area (Å²) >= 11 is 0. The van der Waals surface area contributed by atoms with Crippen molar-refractivity contribution in [3.8, 4) is 0 Å². The summed E-state index contributed by atoms with van der Waals surface area (Å²) in [5, 5.41) is 3.50. The Balaban J connectivity index is 1.75. The van der Waals surface area contributed by atoms with Crippen molar-refractivity contribution in [3.05, 3.63) is 35.4 Å². The van der Waals surface area contributed by atoms with Crippen molar-refractivity contribution in [1.82, 2.24) is 15.1 Å². The summed E-state index contributed by atoms with van der Waals surface area (Å²) in [6.07, 6.45) is 2.72. The van der Waals surface area contributed by atoms with Crippen molar-refractivity contribution in [3.63, 3.8) is 0 Å². The number of nitrogens with zero attached hydrogens (tertiary/aromatic N) is 2. The van der Waals surface area contributed by atoms with Crippen molar-refractivity contribution >= 4 is 0 Å². The third kappa shape index (κ3) is 5.06. The van der Waals surface area contributed by atoms with Crippen LogP contribution in [0.25, 0.3) is 0 Å². The molecule has 0 spiro atoms. The molecule has 2 aliphatic heterocycles. The van der Waals surface area contributed by atoms with Gasteiger partial charge in [-0.05, 0) is 48.4 Å². The first-order valence-corrected chi connectivity index (χ1v) is 10.2. The van der Waals surface area contributed by atoms with Crippen LogP contribution in [0.5, 0.6) is 0 Å². The van der Waals surface area contributed by atoms with Gasteiger partial charge in [0.25, 0.3) is 0 Å². The molecular weight excluding hydrogens is 306 g/mol. The van der Waals surface area contributed by atoms with Crippen LogP contribution in [-0.2, 0) is 5.41 Å². The van der Waals surface area contributed by atoms with E-state index < -0.39 is 0 Å². The van der Waals surface area contributed by atoms with Crippen LogP contribution in [0.1, 0.15) is 57.7 Å². The number of hydrogen-bond donors (Lipinski definition) is 1. The maximum absolute atomic E-state index is 3.50. The fourth-order valence-corrected chi connectivity index (χ4v) is 4.12. The summed E-state index contributed by atoms with van der Waals surface area (Å²) in [7, 11) is 0. The molecule has 3 heteroatoms. The Bertz CT molecular complexity index is 517. The molecule has 1 aromatic carbocycles. The van der Waals surface area contributed by atoms with E-state index in [1.807, 2.05) is 0 Å². The minimum absolute atomic E-state index is 0.228. The second kappa shape index (κ2) is 8.20.